The molecule has 1 fully saturated rings. The van der Waals surface area contributed by atoms with E-state index in [1.165, 1.54) is 5.56 Å². The van der Waals surface area contributed by atoms with E-state index in [0.717, 1.165) is 23.1 Å². The third kappa shape index (κ3) is 2.58. The van der Waals surface area contributed by atoms with Crippen molar-refractivity contribution in [3.05, 3.63) is 63.1 Å². The van der Waals surface area contributed by atoms with Crippen LogP contribution in [0.3, 0.4) is 0 Å². The first-order chi connectivity index (χ1) is 9.66. The zero-order chi connectivity index (χ0) is 14.1. The second-order valence-corrected chi connectivity index (χ2v) is 6.39. The molecule has 2 atom stereocenters. The van der Waals surface area contributed by atoms with Crippen LogP contribution >= 0.6 is 27.5 Å². The van der Waals surface area contributed by atoms with Gasteiger partial charge in [-0.15, -0.1) is 0 Å². The summed E-state index contributed by atoms with van der Waals surface area (Å²) < 4.78 is 1.11. The summed E-state index contributed by atoms with van der Waals surface area (Å²) in [5, 5.41) is 14.2. The first kappa shape index (κ1) is 13.9. The zero-order valence-electron chi connectivity index (χ0n) is 10.8. The summed E-state index contributed by atoms with van der Waals surface area (Å²) in [5.41, 5.74) is 2.19. The SMILES string of the molecule is Oc1ccc(Cl)cc1[C@H]1CNC[C@@H]1c1ccccc1Br. The fourth-order valence-electron chi connectivity index (χ4n) is 2.93. The molecule has 0 aromatic heterocycles. The molecular weight excluding hydrogens is 338 g/mol. The second-order valence-electron chi connectivity index (χ2n) is 5.10. The lowest BCUT2D eigenvalue weighted by Crippen LogP contribution is -2.10. The van der Waals surface area contributed by atoms with Crippen LogP contribution < -0.4 is 5.32 Å². The van der Waals surface area contributed by atoms with E-state index in [9.17, 15) is 5.11 Å². The predicted octanol–water partition coefficient (Wildman–Crippen LogP) is 4.28. The van der Waals surface area contributed by atoms with Gasteiger partial charge in [0.05, 0.1) is 0 Å². The summed E-state index contributed by atoms with van der Waals surface area (Å²) in [6.07, 6.45) is 0. The van der Waals surface area contributed by atoms with Gasteiger partial charge in [0.2, 0.25) is 0 Å². The third-order valence-electron chi connectivity index (χ3n) is 3.91. The number of nitrogens with one attached hydrogen (secondary N) is 1. The molecule has 0 bridgehead atoms. The highest BCUT2D eigenvalue weighted by molar-refractivity contribution is 9.10. The summed E-state index contributed by atoms with van der Waals surface area (Å²) in [4.78, 5) is 0. The molecule has 2 aromatic carbocycles. The third-order valence-corrected chi connectivity index (χ3v) is 4.87. The van der Waals surface area contributed by atoms with Crippen molar-refractivity contribution < 1.29 is 5.11 Å². The van der Waals surface area contributed by atoms with Crippen molar-refractivity contribution in [3.63, 3.8) is 0 Å². The minimum absolute atomic E-state index is 0.229. The molecular formula is C16H15BrClNO. The van der Waals surface area contributed by atoms with Crippen LogP contribution in [0.1, 0.15) is 23.0 Å². The van der Waals surface area contributed by atoms with Gasteiger partial charge in [0.1, 0.15) is 5.75 Å². The Bertz CT molecular complexity index is 632. The van der Waals surface area contributed by atoms with Crippen molar-refractivity contribution in [2.45, 2.75) is 11.8 Å². The number of halogens is 2. The summed E-state index contributed by atoms with van der Waals surface area (Å²) >= 11 is 9.70. The molecule has 2 aromatic rings. The van der Waals surface area contributed by atoms with Gasteiger partial charge in [0.15, 0.2) is 0 Å². The van der Waals surface area contributed by atoms with E-state index >= 15 is 0 Å². The monoisotopic (exact) mass is 351 g/mol. The molecule has 3 rings (SSSR count). The van der Waals surface area contributed by atoms with Gasteiger partial charge in [-0.1, -0.05) is 45.7 Å². The first-order valence-corrected chi connectivity index (χ1v) is 7.77. The molecule has 0 spiro atoms. The topological polar surface area (TPSA) is 32.3 Å². The van der Waals surface area contributed by atoms with Crippen LogP contribution in [0.15, 0.2) is 46.9 Å². The fourth-order valence-corrected chi connectivity index (χ4v) is 3.69. The maximum atomic E-state index is 10.1. The number of benzene rings is 2. The van der Waals surface area contributed by atoms with Crippen molar-refractivity contribution in [2.75, 3.05) is 13.1 Å². The van der Waals surface area contributed by atoms with Crippen LogP contribution in [0.5, 0.6) is 5.75 Å². The van der Waals surface area contributed by atoms with E-state index in [2.05, 4.69) is 33.4 Å². The minimum atomic E-state index is 0.229. The molecule has 0 unspecified atom stereocenters. The van der Waals surface area contributed by atoms with Crippen LogP contribution in [0.25, 0.3) is 0 Å². The molecule has 4 heteroatoms. The summed E-state index contributed by atoms with van der Waals surface area (Å²) in [7, 11) is 0. The maximum Gasteiger partial charge on any atom is 0.119 e. The molecule has 2 N–H and O–H groups in total. The molecule has 104 valence electrons. The van der Waals surface area contributed by atoms with Crippen molar-refractivity contribution in [3.8, 4) is 5.75 Å². The zero-order valence-corrected chi connectivity index (χ0v) is 13.2. The normalized spacial score (nSPS) is 22.1. The smallest absolute Gasteiger partial charge is 0.119 e. The van der Waals surface area contributed by atoms with Crippen LogP contribution in [0, 0.1) is 0 Å². The van der Waals surface area contributed by atoms with E-state index in [1.54, 1.807) is 12.1 Å². The van der Waals surface area contributed by atoms with Crippen molar-refractivity contribution in [2.24, 2.45) is 0 Å². The van der Waals surface area contributed by atoms with Gasteiger partial charge >= 0.3 is 0 Å². The van der Waals surface area contributed by atoms with Gasteiger partial charge < -0.3 is 10.4 Å². The lowest BCUT2D eigenvalue weighted by atomic mass is 9.84. The van der Waals surface area contributed by atoms with E-state index in [1.807, 2.05) is 18.2 Å². The molecule has 0 saturated carbocycles. The van der Waals surface area contributed by atoms with E-state index in [-0.39, 0.29) is 5.92 Å². The van der Waals surface area contributed by atoms with Gasteiger partial charge in [-0.05, 0) is 29.8 Å². The molecule has 0 aliphatic carbocycles. The molecule has 0 amide bonds. The molecule has 1 aliphatic heterocycles. The van der Waals surface area contributed by atoms with E-state index < -0.39 is 0 Å². The van der Waals surface area contributed by atoms with Crippen LogP contribution in [-0.4, -0.2) is 18.2 Å². The summed E-state index contributed by atoms with van der Waals surface area (Å²) in [6, 6.07) is 13.5. The molecule has 1 saturated heterocycles. The highest BCUT2D eigenvalue weighted by Gasteiger charge is 2.32. The number of rotatable bonds is 2. The van der Waals surface area contributed by atoms with Crippen molar-refractivity contribution >= 4 is 27.5 Å². The van der Waals surface area contributed by atoms with Gasteiger partial charge in [-0.2, -0.15) is 0 Å². The Morgan fingerprint density at radius 3 is 2.50 bits per heavy atom. The van der Waals surface area contributed by atoms with Crippen molar-refractivity contribution in [1.82, 2.24) is 5.32 Å². The molecule has 2 nitrogen and oxygen atoms in total. The van der Waals surface area contributed by atoms with E-state index in [0.29, 0.717) is 16.7 Å². The number of phenolic OH excluding ortho intramolecular Hbond substituents is 1. The highest BCUT2D eigenvalue weighted by atomic mass is 79.9. The average Bonchev–Trinajstić information content (AvgIpc) is 2.91. The summed E-state index contributed by atoms with van der Waals surface area (Å²) in [6.45, 7) is 1.75. The molecule has 1 aliphatic rings. The number of hydrogen-bond donors (Lipinski definition) is 2. The lowest BCUT2D eigenvalue weighted by molar-refractivity contribution is 0.459. The Morgan fingerprint density at radius 1 is 1.05 bits per heavy atom. The maximum absolute atomic E-state index is 10.1. The van der Waals surface area contributed by atoms with Gasteiger partial charge in [-0.25, -0.2) is 0 Å². The number of aromatic hydroxyl groups is 1. The number of phenols is 1. The second kappa shape index (κ2) is 5.76. The van der Waals surface area contributed by atoms with Gasteiger partial charge in [0.25, 0.3) is 0 Å². The number of hydrogen-bond acceptors (Lipinski definition) is 2. The van der Waals surface area contributed by atoms with Crippen LogP contribution in [0.4, 0.5) is 0 Å². The molecule has 1 heterocycles. The van der Waals surface area contributed by atoms with Crippen LogP contribution in [-0.2, 0) is 0 Å². The Balaban J connectivity index is 2.01. The minimum Gasteiger partial charge on any atom is -0.508 e. The van der Waals surface area contributed by atoms with E-state index in [4.69, 9.17) is 11.6 Å². The standard InChI is InChI=1S/C16H15BrClNO/c17-15-4-2-1-3-11(15)13-8-19-9-14(13)12-7-10(18)5-6-16(12)20/h1-7,13-14,19-20H,8-9H2/t13-,14-/m1/s1. The molecule has 0 radical (unpaired) electrons. The van der Waals surface area contributed by atoms with Crippen molar-refractivity contribution in [1.29, 1.82) is 0 Å². The largest absolute Gasteiger partial charge is 0.508 e. The Morgan fingerprint density at radius 2 is 1.75 bits per heavy atom. The van der Waals surface area contributed by atoms with Gasteiger partial charge in [-0.3, -0.25) is 0 Å². The summed E-state index contributed by atoms with van der Waals surface area (Å²) in [5.74, 6) is 0.877. The fraction of sp³-hybridized carbons (Fsp3) is 0.250. The van der Waals surface area contributed by atoms with Gasteiger partial charge in [0, 0.05) is 40.0 Å². The lowest BCUT2D eigenvalue weighted by Gasteiger charge is -2.21. The average molecular weight is 353 g/mol. The predicted molar refractivity (Wildman–Crippen MR) is 85.6 cm³/mol. The molecule has 20 heavy (non-hydrogen) atoms. The Labute approximate surface area is 131 Å². The Kier molecular flexibility index (Phi) is 4.01. The van der Waals surface area contributed by atoms with Crippen LogP contribution in [0.2, 0.25) is 5.02 Å². The quantitative estimate of drug-likeness (QED) is 0.845. The Hall–Kier alpha value is -1.03. The highest BCUT2D eigenvalue weighted by Crippen LogP contribution is 2.42. The first-order valence-electron chi connectivity index (χ1n) is 6.60.